The Balaban J connectivity index is 1.46. The molecule has 0 aromatic heterocycles. The van der Waals surface area contributed by atoms with Crippen molar-refractivity contribution in [3.05, 3.63) is 41.4 Å². The van der Waals surface area contributed by atoms with Crippen molar-refractivity contribution >= 4 is 44.2 Å². The first kappa shape index (κ1) is 23.0. The lowest BCUT2D eigenvalue weighted by Crippen LogP contribution is -2.53. The average molecular weight is 478 g/mol. The summed E-state index contributed by atoms with van der Waals surface area (Å²) in [6, 6.07) is 8.66. The zero-order chi connectivity index (χ0) is 23.0. The number of nitrogens with zero attached hydrogens (tertiary/aromatic N) is 2. The van der Waals surface area contributed by atoms with Crippen LogP contribution in [0, 0.1) is 0 Å². The summed E-state index contributed by atoms with van der Waals surface area (Å²) in [5.41, 5.74) is 0. The van der Waals surface area contributed by atoms with Gasteiger partial charge in [-0.3, -0.25) is 9.59 Å². The molecule has 0 bridgehead atoms. The van der Waals surface area contributed by atoms with E-state index in [1.54, 1.807) is 37.3 Å². The number of sulfonamides is 1. The van der Waals surface area contributed by atoms with Gasteiger partial charge in [-0.15, -0.1) is 0 Å². The lowest BCUT2D eigenvalue weighted by Gasteiger charge is -2.37. The van der Waals surface area contributed by atoms with E-state index in [1.807, 2.05) is 11.8 Å². The Bertz CT molecular complexity index is 1150. The second-order valence-corrected chi connectivity index (χ2v) is 10.9. The fourth-order valence-corrected chi connectivity index (χ4v) is 6.05. The standard InChI is InChI=1S/C23H28ClN3O4S/c1-15-5-3-4-11-26(15)22(28)16(2)27-12-10-21(23(27)29)25-32(30,31)20-9-7-17-13-19(24)8-6-18(17)14-20/h6-9,13-16,21,25H,3-5,10-12H2,1-2H3/t15-,16+,21-/m1/s1. The van der Waals surface area contributed by atoms with Gasteiger partial charge in [-0.2, -0.15) is 4.72 Å². The summed E-state index contributed by atoms with van der Waals surface area (Å²) in [7, 11) is -3.90. The van der Waals surface area contributed by atoms with Crippen LogP contribution in [0.1, 0.15) is 39.5 Å². The van der Waals surface area contributed by atoms with Gasteiger partial charge in [-0.1, -0.05) is 23.7 Å². The normalized spacial score (nSPS) is 23.0. The number of hydrogen-bond donors (Lipinski definition) is 1. The van der Waals surface area contributed by atoms with Crippen LogP contribution < -0.4 is 4.72 Å². The van der Waals surface area contributed by atoms with Gasteiger partial charge in [0.1, 0.15) is 12.1 Å². The number of carbonyl (C=O) groups excluding carboxylic acids is 2. The van der Waals surface area contributed by atoms with Crippen molar-refractivity contribution in [3.8, 4) is 0 Å². The van der Waals surface area contributed by atoms with Crippen LogP contribution in [0.2, 0.25) is 5.02 Å². The van der Waals surface area contributed by atoms with E-state index in [2.05, 4.69) is 4.72 Å². The molecule has 2 aromatic rings. The number of piperidine rings is 1. The van der Waals surface area contributed by atoms with Crippen molar-refractivity contribution < 1.29 is 18.0 Å². The number of carbonyl (C=O) groups is 2. The number of halogens is 1. The number of nitrogens with one attached hydrogen (secondary N) is 1. The van der Waals surface area contributed by atoms with Gasteiger partial charge < -0.3 is 9.80 Å². The van der Waals surface area contributed by atoms with Crippen LogP contribution in [0.5, 0.6) is 0 Å². The molecular formula is C23H28ClN3O4S. The van der Waals surface area contributed by atoms with Crippen LogP contribution in [-0.2, 0) is 19.6 Å². The summed E-state index contributed by atoms with van der Waals surface area (Å²) in [6.07, 6.45) is 3.37. The molecule has 2 aliphatic heterocycles. The first-order valence-corrected chi connectivity index (χ1v) is 12.9. The van der Waals surface area contributed by atoms with Crippen LogP contribution in [0.3, 0.4) is 0 Å². The summed E-state index contributed by atoms with van der Waals surface area (Å²) in [5.74, 6) is -0.422. The van der Waals surface area contributed by atoms with Crippen LogP contribution in [0.4, 0.5) is 0 Å². The van der Waals surface area contributed by atoms with Crippen LogP contribution >= 0.6 is 11.6 Å². The van der Waals surface area contributed by atoms with Gasteiger partial charge in [0.05, 0.1) is 4.90 Å². The Kier molecular flexibility index (Phi) is 6.47. The van der Waals surface area contributed by atoms with Crippen LogP contribution in [-0.4, -0.2) is 61.2 Å². The summed E-state index contributed by atoms with van der Waals surface area (Å²) in [6.45, 7) is 4.81. The molecule has 7 nitrogen and oxygen atoms in total. The molecule has 2 amide bonds. The number of rotatable bonds is 5. The maximum Gasteiger partial charge on any atom is 0.245 e. The quantitative estimate of drug-likeness (QED) is 0.716. The molecule has 3 atom stereocenters. The largest absolute Gasteiger partial charge is 0.338 e. The molecule has 1 N–H and O–H groups in total. The van der Waals surface area contributed by atoms with Crippen molar-refractivity contribution in [1.29, 1.82) is 0 Å². The highest BCUT2D eigenvalue weighted by molar-refractivity contribution is 7.89. The molecule has 2 fully saturated rings. The van der Waals surface area contributed by atoms with E-state index in [4.69, 9.17) is 11.6 Å². The highest BCUT2D eigenvalue weighted by atomic mass is 35.5. The Morgan fingerprint density at radius 3 is 2.56 bits per heavy atom. The van der Waals surface area contributed by atoms with Gasteiger partial charge in [-0.05, 0) is 74.6 Å². The van der Waals surface area contributed by atoms with Gasteiger partial charge in [0, 0.05) is 24.2 Å². The second-order valence-electron chi connectivity index (χ2n) is 8.70. The van der Waals surface area contributed by atoms with Gasteiger partial charge in [0.15, 0.2) is 0 Å². The van der Waals surface area contributed by atoms with Crippen LogP contribution in [0.25, 0.3) is 10.8 Å². The highest BCUT2D eigenvalue weighted by Crippen LogP contribution is 2.25. The van der Waals surface area contributed by atoms with E-state index < -0.39 is 22.1 Å². The molecule has 4 rings (SSSR count). The molecule has 0 aliphatic carbocycles. The Hall–Kier alpha value is -2.16. The maximum atomic E-state index is 13.0. The van der Waals surface area contributed by atoms with Gasteiger partial charge in [-0.25, -0.2) is 8.42 Å². The van der Waals surface area contributed by atoms with E-state index in [1.165, 1.54) is 11.0 Å². The fourth-order valence-electron chi connectivity index (χ4n) is 4.61. The summed E-state index contributed by atoms with van der Waals surface area (Å²) in [4.78, 5) is 29.4. The lowest BCUT2D eigenvalue weighted by molar-refractivity contribution is -0.145. The lowest BCUT2D eigenvalue weighted by atomic mass is 10.0. The number of fused-ring (bicyclic) bond motifs is 1. The third-order valence-corrected chi connectivity index (χ3v) is 8.24. The molecule has 0 saturated carbocycles. The van der Waals surface area contributed by atoms with Crippen molar-refractivity contribution in [2.45, 2.75) is 62.6 Å². The Labute approximate surface area is 193 Å². The van der Waals surface area contributed by atoms with E-state index in [-0.39, 0.29) is 22.8 Å². The average Bonchev–Trinajstić information content (AvgIpc) is 3.12. The first-order chi connectivity index (χ1) is 15.2. The predicted molar refractivity (Wildman–Crippen MR) is 124 cm³/mol. The molecule has 2 aromatic carbocycles. The number of benzene rings is 2. The molecule has 0 radical (unpaired) electrons. The van der Waals surface area contributed by atoms with Crippen LogP contribution in [0.15, 0.2) is 41.3 Å². The van der Waals surface area contributed by atoms with Gasteiger partial charge in [0.25, 0.3) is 0 Å². The number of hydrogen-bond acceptors (Lipinski definition) is 4. The molecule has 0 spiro atoms. The molecular weight excluding hydrogens is 450 g/mol. The molecule has 2 heterocycles. The van der Waals surface area contributed by atoms with E-state index in [0.717, 1.165) is 30.0 Å². The Morgan fingerprint density at radius 1 is 1.09 bits per heavy atom. The van der Waals surface area contributed by atoms with Crippen molar-refractivity contribution in [2.24, 2.45) is 0 Å². The molecule has 32 heavy (non-hydrogen) atoms. The number of likely N-dealkylation sites (tertiary alicyclic amines) is 2. The molecule has 172 valence electrons. The molecule has 9 heteroatoms. The summed E-state index contributed by atoms with van der Waals surface area (Å²) in [5, 5.41) is 2.15. The summed E-state index contributed by atoms with van der Waals surface area (Å²) < 4.78 is 28.5. The fraction of sp³-hybridized carbons (Fsp3) is 0.478. The SMILES string of the molecule is C[C@@H]1CCCCN1C(=O)[C@H](C)N1CC[C@@H](NS(=O)(=O)c2ccc3cc(Cl)ccc3c2)C1=O. The molecule has 0 unspecified atom stereocenters. The number of amides is 2. The second kappa shape index (κ2) is 9.00. The van der Waals surface area contributed by atoms with E-state index in [9.17, 15) is 18.0 Å². The van der Waals surface area contributed by atoms with Crippen molar-refractivity contribution in [2.75, 3.05) is 13.1 Å². The van der Waals surface area contributed by atoms with E-state index >= 15 is 0 Å². The Morgan fingerprint density at radius 2 is 1.81 bits per heavy atom. The van der Waals surface area contributed by atoms with Crippen molar-refractivity contribution in [1.82, 2.24) is 14.5 Å². The minimum atomic E-state index is -3.90. The topological polar surface area (TPSA) is 86.8 Å². The highest BCUT2D eigenvalue weighted by Gasteiger charge is 2.40. The zero-order valence-electron chi connectivity index (χ0n) is 18.3. The monoisotopic (exact) mass is 477 g/mol. The third-order valence-electron chi connectivity index (χ3n) is 6.53. The molecule has 2 aliphatic rings. The van der Waals surface area contributed by atoms with Crippen molar-refractivity contribution in [3.63, 3.8) is 0 Å². The third kappa shape index (κ3) is 4.49. The van der Waals surface area contributed by atoms with Gasteiger partial charge in [0.2, 0.25) is 21.8 Å². The van der Waals surface area contributed by atoms with E-state index in [0.29, 0.717) is 24.5 Å². The smallest absolute Gasteiger partial charge is 0.245 e. The first-order valence-electron chi connectivity index (χ1n) is 11.0. The van der Waals surface area contributed by atoms with Gasteiger partial charge >= 0.3 is 0 Å². The summed E-state index contributed by atoms with van der Waals surface area (Å²) >= 11 is 6.00. The predicted octanol–water partition coefficient (Wildman–Crippen LogP) is 3.16. The minimum Gasteiger partial charge on any atom is -0.338 e. The zero-order valence-corrected chi connectivity index (χ0v) is 19.8. The maximum absolute atomic E-state index is 13.0. The molecule has 2 saturated heterocycles. The minimum absolute atomic E-state index is 0.0674.